The molecule has 0 saturated heterocycles. The lowest BCUT2D eigenvalue weighted by molar-refractivity contribution is -0.114. The maximum atomic E-state index is 13.3. The molecule has 0 unspecified atom stereocenters. The molecule has 202 valence electrons. The van der Waals surface area contributed by atoms with Crippen molar-refractivity contribution in [3.63, 3.8) is 0 Å². The number of carbonyl (C=O) groups excluding carboxylic acids is 3. The third-order valence-electron chi connectivity index (χ3n) is 5.86. The lowest BCUT2D eigenvalue weighted by Crippen LogP contribution is -2.30. The Kier molecular flexibility index (Phi) is 9.78. The SMILES string of the molecule is Cc1ccc(C)c(NC(=O)CSc2cccc(NC(=O)/C(=C\c3ccccc3Cl)NC(=O)c3ccccc3)c2)c1. The van der Waals surface area contributed by atoms with E-state index in [1.54, 1.807) is 66.7 Å². The largest absolute Gasteiger partial charge is 0.325 e. The van der Waals surface area contributed by atoms with E-state index >= 15 is 0 Å². The second-order valence-electron chi connectivity index (χ2n) is 9.04. The Morgan fingerprint density at radius 3 is 2.35 bits per heavy atom. The number of benzene rings is 4. The first kappa shape index (κ1) is 28.7. The Morgan fingerprint density at radius 1 is 0.825 bits per heavy atom. The van der Waals surface area contributed by atoms with E-state index in [2.05, 4.69) is 16.0 Å². The summed E-state index contributed by atoms with van der Waals surface area (Å²) in [7, 11) is 0. The molecule has 0 heterocycles. The standard InChI is InChI=1S/C32H28ClN3O3S/c1-21-15-16-22(2)28(17-21)35-30(37)20-40-26-13-8-12-25(19-26)34-32(39)29(18-24-11-6-7-14-27(24)33)36-31(38)23-9-4-3-5-10-23/h3-19H,20H2,1-2H3,(H,34,39)(H,35,37)(H,36,38)/b29-18+. The molecule has 4 aromatic carbocycles. The Balaban J connectivity index is 1.46. The zero-order valence-corrected chi connectivity index (χ0v) is 23.6. The second kappa shape index (κ2) is 13.6. The fraction of sp³-hybridized carbons (Fsp3) is 0.0938. The molecular weight excluding hydrogens is 542 g/mol. The number of anilines is 2. The van der Waals surface area contributed by atoms with Crippen molar-refractivity contribution in [2.24, 2.45) is 0 Å². The molecule has 0 radical (unpaired) electrons. The van der Waals surface area contributed by atoms with E-state index in [9.17, 15) is 14.4 Å². The highest BCUT2D eigenvalue weighted by atomic mass is 35.5. The molecule has 6 nitrogen and oxygen atoms in total. The van der Waals surface area contributed by atoms with Crippen LogP contribution in [-0.4, -0.2) is 23.5 Å². The minimum Gasteiger partial charge on any atom is -0.325 e. The maximum Gasteiger partial charge on any atom is 0.272 e. The van der Waals surface area contributed by atoms with Crippen molar-refractivity contribution in [2.45, 2.75) is 18.7 Å². The van der Waals surface area contributed by atoms with Gasteiger partial charge in [0.25, 0.3) is 11.8 Å². The van der Waals surface area contributed by atoms with E-state index in [4.69, 9.17) is 11.6 Å². The highest BCUT2D eigenvalue weighted by molar-refractivity contribution is 8.00. The van der Waals surface area contributed by atoms with Gasteiger partial charge in [-0.2, -0.15) is 0 Å². The van der Waals surface area contributed by atoms with Crippen LogP contribution >= 0.6 is 23.4 Å². The fourth-order valence-electron chi connectivity index (χ4n) is 3.76. The van der Waals surface area contributed by atoms with Crippen LogP contribution in [0.25, 0.3) is 6.08 Å². The van der Waals surface area contributed by atoms with Crippen LogP contribution in [0.15, 0.2) is 108 Å². The van der Waals surface area contributed by atoms with Crippen LogP contribution in [0.3, 0.4) is 0 Å². The van der Waals surface area contributed by atoms with Crippen molar-refractivity contribution in [1.82, 2.24) is 5.32 Å². The Morgan fingerprint density at radius 2 is 1.57 bits per heavy atom. The summed E-state index contributed by atoms with van der Waals surface area (Å²) in [5.74, 6) is -0.857. The molecular formula is C32H28ClN3O3S. The number of nitrogens with one attached hydrogen (secondary N) is 3. The molecule has 40 heavy (non-hydrogen) atoms. The molecule has 0 atom stereocenters. The van der Waals surface area contributed by atoms with Crippen LogP contribution in [0.2, 0.25) is 5.02 Å². The molecule has 4 aromatic rings. The van der Waals surface area contributed by atoms with Gasteiger partial charge >= 0.3 is 0 Å². The summed E-state index contributed by atoms with van der Waals surface area (Å²) in [6.45, 7) is 3.93. The summed E-state index contributed by atoms with van der Waals surface area (Å²) >= 11 is 7.67. The molecule has 0 bridgehead atoms. The van der Waals surface area contributed by atoms with Crippen molar-refractivity contribution in [1.29, 1.82) is 0 Å². The molecule has 0 saturated carbocycles. The minimum absolute atomic E-state index is 0.0351. The van der Waals surface area contributed by atoms with Gasteiger partial charge in [-0.15, -0.1) is 11.8 Å². The van der Waals surface area contributed by atoms with Crippen LogP contribution in [0.4, 0.5) is 11.4 Å². The quantitative estimate of drug-likeness (QED) is 0.148. The van der Waals surface area contributed by atoms with Crippen molar-refractivity contribution < 1.29 is 14.4 Å². The van der Waals surface area contributed by atoms with Crippen LogP contribution in [0, 0.1) is 13.8 Å². The molecule has 0 aliphatic carbocycles. The Hall–Kier alpha value is -4.33. The molecule has 0 aliphatic rings. The number of carbonyl (C=O) groups is 3. The molecule has 0 fully saturated rings. The summed E-state index contributed by atoms with van der Waals surface area (Å²) in [6.07, 6.45) is 1.54. The summed E-state index contributed by atoms with van der Waals surface area (Å²) < 4.78 is 0. The van der Waals surface area contributed by atoms with Crippen molar-refractivity contribution in [3.8, 4) is 0 Å². The number of halogens is 1. The van der Waals surface area contributed by atoms with E-state index in [1.807, 2.05) is 44.2 Å². The van der Waals surface area contributed by atoms with Gasteiger partial charge < -0.3 is 16.0 Å². The van der Waals surface area contributed by atoms with Gasteiger partial charge in [0.05, 0.1) is 5.75 Å². The zero-order valence-electron chi connectivity index (χ0n) is 22.0. The summed E-state index contributed by atoms with van der Waals surface area (Å²) in [4.78, 5) is 39.5. The first-order chi connectivity index (χ1) is 19.3. The normalized spacial score (nSPS) is 11.0. The van der Waals surface area contributed by atoms with Gasteiger partial charge in [-0.05, 0) is 79.1 Å². The molecule has 3 amide bonds. The van der Waals surface area contributed by atoms with Crippen LogP contribution in [-0.2, 0) is 9.59 Å². The summed E-state index contributed by atoms with van der Waals surface area (Å²) in [5.41, 5.74) is 4.41. The van der Waals surface area contributed by atoms with Gasteiger partial charge in [0.15, 0.2) is 0 Å². The van der Waals surface area contributed by atoms with Crippen molar-refractivity contribution >= 4 is 58.5 Å². The van der Waals surface area contributed by atoms with Crippen LogP contribution in [0.5, 0.6) is 0 Å². The van der Waals surface area contributed by atoms with Gasteiger partial charge in [0.1, 0.15) is 5.70 Å². The number of hydrogen-bond donors (Lipinski definition) is 3. The number of thioether (sulfide) groups is 1. The minimum atomic E-state index is -0.515. The topological polar surface area (TPSA) is 87.3 Å². The van der Waals surface area contributed by atoms with Gasteiger partial charge in [-0.3, -0.25) is 14.4 Å². The van der Waals surface area contributed by atoms with E-state index in [0.717, 1.165) is 21.7 Å². The number of amides is 3. The molecule has 0 aliphatic heterocycles. The second-order valence-corrected chi connectivity index (χ2v) is 10.5. The van der Waals surface area contributed by atoms with E-state index in [-0.39, 0.29) is 17.4 Å². The molecule has 3 N–H and O–H groups in total. The van der Waals surface area contributed by atoms with Crippen LogP contribution < -0.4 is 16.0 Å². The van der Waals surface area contributed by atoms with E-state index < -0.39 is 11.8 Å². The van der Waals surface area contributed by atoms with Gasteiger partial charge in [-0.25, -0.2) is 0 Å². The third-order valence-corrected chi connectivity index (χ3v) is 7.20. The molecule has 8 heteroatoms. The van der Waals surface area contributed by atoms with E-state index in [1.165, 1.54) is 17.8 Å². The zero-order chi connectivity index (χ0) is 28.5. The fourth-order valence-corrected chi connectivity index (χ4v) is 4.70. The van der Waals surface area contributed by atoms with Gasteiger partial charge in [0.2, 0.25) is 5.91 Å². The predicted octanol–water partition coefficient (Wildman–Crippen LogP) is 7.10. The van der Waals surface area contributed by atoms with E-state index in [0.29, 0.717) is 21.8 Å². The number of hydrogen-bond acceptors (Lipinski definition) is 4. The highest BCUT2D eigenvalue weighted by Gasteiger charge is 2.16. The first-order valence-corrected chi connectivity index (χ1v) is 13.9. The molecule has 4 rings (SSSR count). The average Bonchev–Trinajstić information content (AvgIpc) is 2.95. The average molecular weight is 570 g/mol. The molecule has 0 spiro atoms. The van der Waals surface area contributed by atoms with Crippen molar-refractivity contribution in [2.75, 3.05) is 16.4 Å². The summed E-state index contributed by atoms with van der Waals surface area (Å²) in [5, 5.41) is 8.95. The number of aryl methyl sites for hydroxylation is 2. The Bertz CT molecular complexity index is 1570. The van der Waals surface area contributed by atoms with Crippen molar-refractivity contribution in [3.05, 3.63) is 130 Å². The van der Waals surface area contributed by atoms with Gasteiger partial charge in [0, 0.05) is 26.9 Å². The maximum absolute atomic E-state index is 13.3. The Labute approximate surface area is 242 Å². The summed E-state index contributed by atoms with van der Waals surface area (Å²) in [6, 6.07) is 28.8. The highest BCUT2D eigenvalue weighted by Crippen LogP contribution is 2.24. The molecule has 0 aromatic heterocycles. The smallest absolute Gasteiger partial charge is 0.272 e. The van der Waals surface area contributed by atoms with Crippen LogP contribution in [0.1, 0.15) is 27.0 Å². The predicted molar refractivity (Wildman–Crippen MR) is 164 cm³/mol. The lowest BCUT2D eigenvalue weighted by Gasteiger charge is -2.13. The first-order valence-electron chi connectivity index (χ1n) is 12.5. The number of rotatable bonds is 9. The van der Waals surface area contributed by atoms with Gasteiger partial charge in [-0.1, -0.05) is 66.2 Å². The third kappa shape index (κ3) is 8.09. The monoisotopic (exact) mass is 569 g/mol. The lowest BCUT2D eigenvalue weighted by atomic mass is 10.1.